The van der Waals surface area contributed by atoms with Crippen LogP contribution >= 0.6 is 15.9 Å². The van der Waals surface area contributed by atoms with Crippen molar-refractivity contribution in [2.75, 3.05) is 18.6 Å². The summed E-state index contributed by atoms with van der Waals surface area (Å²) in [4.78, 5) is 29.1. The lowest BCUT2D eigenvalue weighted by molar-refractivity contribution is 0.0971. The van der Waals surface area contributed by atoms with Gasteiger partial charge in [-0.3, -0.25) is 14.5 Å². The molecule has 184 valence electrons. The normalized spacial score (nSPS) is 14.8. The van der Waals surface area contributed by atoms with E-state index >= 15 is 0 Å². The quantitative estimate of drug-likeness (QED) is 0.225. The number of anilines is 1. The maximum absolute atomic E-state index is 13.8. The smallest absolute Gasteiger partial charge is 0.295 e. The van der Waals surface area contributed by atoms with Crippen molar-refractivity contribution in [1.29, 1.82) is 0 Å². The third-order valence-corrected chi connectivity index (χ3v) is 6.87. The predicted octanol–water partition coefficient (Wildman–Crippen LogP) is 6.88. The molecule has 0 radical (unpaired) electrons. The minimum atomic E-state index is -0.683. The van der Waals surface area contributed by atoms with Crippen LogP contribution in [-0.4, -0.2) is 19.6 Å². The van der Waals surface area contributed by atoms with Crippen LogP contribution in [0.1, 0.15) is 53.9 Å². The lowest BCUT2D eigenvalue weighted by atomic mass is 9.97. The third kappa shape index (κ3) is 4.28. The zero-order chi connectivity index (χ0) is 25.2. The molecular weight excluding hydrogens is 522 g/mol. The molecule has 1 atom stereocenters. The summed E-state index contributed by atoms with van der Waals surface area (Å²) in [5, 5.41) is 0.415. The summed E-state index contributed by atoms with van der Waals surface area (Å²) < 4.78 is 18.4. The molecule has 7 heteroatoms. The maximum Gasteiger partial charge on any atom is 0.295 e. The molecule has 2 heterocycles. The first-order valence-electron chi connectivity index (χ1n) is 12.0. The van der Waals surface area contributed by atoms with Gasteiger partial charge in [-0.15, -0.1) is 0 Å². The van der Waals surface area contributed by atoms with Gasteiger partial charge < -0.3 is 13.9 Å². The van der Waals surface area contributed by atoms with Gasteiger partial charge in [0.1, 0.15) is 5.58 Å². The number of fused-ring (bicyclic) bond motifs is 2. The molecule has 0 fully saturated rings. The zero-order valence-corrected chi connectivity index (χ0v) is 21.7. The van der Waals surface area contributed by atoms with Gasteiger partial charge in [0, 0.05) is 10.2 Å². The molecule has 1 amide bonds. The Hall–Kier alpha value is -3.58. The van der Waals surface area contributed by atoms with Crippen LogP contribution in [0.25, 0.3) is 11.0 Å². The number of halogens is 1. The molecule has 0 aliphatic carbocycles. The van der Waals surface area contributed by atoms with Gasteiger partial charge in [0.15, 0.2) is 16.9 Å². The van der Waals surface area contributed by atoms with Crippen LogP contribution in [0, 0.1) is 0 Å². The summed E-state index contributed by atoms with van der Waals surface area (Å²) >= 11 is 3.44. The van der Waals surface area contributed by atoms with E-state index in [-0.39, 0.29) is 17.1 Å². The second kappa shape index (κ2) is 10.2. The molecule has 1 unspecified atom stereocenters. The maximum atomic E-state index is 13.8. The van der Waals surface area contributed by atoms with E-state index in [4.69, 9.17) is 13.9 Å². The number of nitrogens with zero attached hydrogens (tertiary/aromatic N) is 1. The second-order valence-electron chi connectivity index (χ2n) is 8.69. The van der Waals surface area contributed by atoms with Crippen LogP contribution in [0.3, 0.4) is 0 Å². The molecule has 0 N–H and O–H groups in total. The average Bonchev–Trinajstić information content (AvgIpc) is 3.20. The topological polar surface area (TPSA) is 69.0 Å². The Kier molecular flexibility index (Phi) is 6.83. The van der Waals surface area contributed by atoms with Crippen LogP contribution in [-0.2, 0) is 0 Å². The Balaban J connectivity index is 1.67. The minimum Gasteiger partial charge on any atom is -0.493 e. The number of hydrogen-bond donors (Lipinski definition) is 0. The first kappa shape index (κ1) is 24.1. The molecule has 4 aromatic rings. The molecule has 0 saturated carbocycles. The Morgan fingerprint density at radius 2 is 1.78 bits per heavy atom. The number of rotatable bonds is 8. The highest BCUT2D eigenvalue weighted by Crippen LogP contribution is 2.43. The number of methoxy groups -OCH3 is 1. The predicted molar refractivity (Wildman–Crippen MR) is 143 cm³/mol. The van der Waals surface area contributed by atoms with Crippen molar-refractivity contribution in [3.63, 3.8) is 0 Å². The number of amides is 1. The van der Waals surface area contributed by atoms with E-state index < -0.39 is 6.04 Å². The SMILES string of the molecule is CCCCCOc1ccc(C2c3c(oc4ccc(Br)cc4c3=O)C(=O)N2c2ccccc2)cc1OC. The second-order valence-corrected chi connectivity index (χ2v) is 9.61. The van der Waals surface area contributed by atoms with E-state index in [0.29, 0.717) is 40.3 Å². The highest BCUT2D eigenvalue weighted by Gasteiger charge is 2.43. The van der Waals surface area contributed by atoms with E-state index in [1.165, 1.54) is 0 Å². The van der Waals surface area contributed by atoms with Crippen LogP contribution < -0.4 is 19.8 Å². The molecule has 0 bridgehead atoms. The van der Waals surface area contributed by atoms with Crippen LogP contribution in [0.15, 0.2) is 80.4 Å². The Labute approximate surface area is 217 Å². The number of hydrogen-bond acceptors (Lipinski definition) is 5. The molecule has 3 aromatic carbocycles. The highest BCUT2D eigenvalue weighted by molar-refractivity contribution is 9.10. The van der Waals surface area contributed by atoms with Gasteiger partial charge in [-0.2, -0.15) is 0 Å². The molecule has 5 rings (SSSR count). The summed E-state index contributed by atoms with van der Waals surface area (Å²) in [6.45, 7) is 2.74. The molecule has 36 heavy (non-hydrogen) atoms. The number of carbonyl (C=O) groups is 1. The van der Waals surface area contributed by atoms with Crippen LogP contribution in [0.2, 0.25) is 0 Å². The van der Waals surface area contributed by atoms with E-state index in [9.17, 15) is 9.59 Å². The molecule has 1 aromatic heterocycles. The summed E-state index contributed by atoms with van der Waals surface area (Å²) in [5.41, 5.74) is 1.85. The Morgan fingerprint density at radius 1 is 0.972 bits per heavy atom. The van der Waals surface area contributed by atoms with Gasteiger partial charge in [0.05, 0.1) is 30.7 Å². The monoisotopic (exact) mass is 547 g/mol. The van der Waals surface area contributed by atoms with Crippen molar-refractivity contribution in [1.82, 2.24) is 0 Å². The van der Waals surface area contributed by atoms with Crippen molar-refractivity contribution >= 4 is 38.5 Å². The fraction of sp³-hybridized carbons (Fsp3) is 0.241. The number of benzene rings is 3. The molecular formula is C29H26BrNO5. The summed E-state index contributed by atoms with van der Waals surface area (Å²) in [6, 6.07) is 19.4. The van der Waals surface area contributed by atoms with E-state index in [0.717, 1.165) is 29.3 Å². The number of unbranched alkanes of at least 4 members (excludes halogenated alkanes) is 2. The lowest BCUT2D eigenvalue weighted by Gasteiger charge is -2.26. The summed E-state index contributed by atoms with van der Waals surface area (Å²) in [6.07, 6.45) is 3.16. The van der Waals surface area contributed by atoms with Crippen LogP contribution in [0.5, 0.6) is 11.5 Å². The largest absolute Gasteiger partial charge is 0.493 e. The minimum absolute atomic E-state index is 0.0579. The van der Waals surface area contributed by atoms with Gasteiger partial charge in [-0.1, -0.05) is 60.0 Å². The molecule has 1 aliphatic heterocycles. The van der Waals surface area contributed by atoms with Gasteiger partial charge in [-0.05, 0) is 54.4 Å². The fourth-order valence-electron chi connectivity index (χ4n) is 4.62. The van der Waals surface area contributed by atoms with Gasteiger partial charge in [0.25, 0.3) is 5.91 Å². The number of ether oxygens (including phenoxy) is 2. The molecule has 1 aliphatic rings. The number of para-hydroxylation sites is 1. The first-order chi connectivity index (χ1) is 17.5. The zero-order valence-electron chi connectivity index (χ0n) is 20.1. The first-order valence-corrected chi connectivity index (χ1v) is 12.8. The standard InChI is InChI=1S/C29H26BrNO5/c1-3-4-8-15-35-23-13-11-18(16-24(23)34-2)26-25-27(32)21-17-19(30)12-14-22(21)36-28(25)29(33)31(26)20-9-6-5-7-10-20/h5-7,9-14,16-17,26H,3-4,8,15H2,1-2H3. The lowest BCUT2D eigenvalue weighted by Crippen LogP contribution is -2.29. The Morgan fingerprint density at radius 3 is 2.53 bits per heavy atom. The molecule has 6 nitrogen and oxygen atoms in total. The van der Waals surface area contributed by atoms with Gasteiger partial charge in [0.2, 0.25) is 5.76 Å². The van der Waals surface area contributed by atoms with Gasteiger partial charge in [-0.25, -0.2) is 0 Å². The third-order valence-electron chi connectivity index (χ3n) is 6.38. The summed E-state index contributed by atoms with van der Waals surface area (Å²) in [7, 11) is 1.58. The highest BCUT2D eigenvalue weighted by atomic mass is 79.9. The van der Waals surface area contributed by atoms with E-state index in [1.54, 1.807) is 30.2 Å². The molecule has 0 spiro atoms. The molecule has 0 saturated heterocycles. The van der Waals surface area contributed by atoms with Gasteiger partial charge >= 0.3 is 0 Å². The van der Waals surface area contributed by atoms with Crippen molar-refractivity contribution in [2.45, 2.75) is 32.2 Å². The van der Waals surface area contributed by atoms with Crippen molar-refractivity contribution in [2.24, 2.45) is 0 Å². The van der Waals surface area contributed by atoms with E-state index in [1.807, 2.05) is 48.5 Å². The van der Waals surface area contributed by atoms with Crippen molar-refractivity contribution in [3.05, 3.63) is 98.3 Å². The number of carbonyl (C=O) groups excluding carboxylic acids is 1. The average molecular weight is 548 g/mol. The Bertz CT molecular complexity index is 1480. The van der Waals surface area contributed by atoms with Crippen molar-refractivity contribution < 1.29 is 18.7 Å². The van der Waals surface area contributed by atoms with Crippen molar-refractivity contribution in [3.8, 4) is 11.5 Å². The fourth-order valence-corrected chi connectivity index (χ4v) is 4.98. The van der Waals surface area contributed by atoms with Crippen LogP contribution in [0.4, 0.5) is 5.69 Å². The van der Waals surface area contributed by atoms with E-state index in [2.05, 4.69) is 22.9 Å². The summed E-state index contributed by atoms with van der Waals surface area (Å²) in [5.74, 6) is 0.873.